The second kappa shape index (κ2) is 29.3. The Morgan fingerprint density at radius 3 is 0.786 bits per heavy atom. The van der Waals surface area contributed by atoms with E-state index < -0.39 is 0 Å². The summed E-state index contributed by atoms with van der Waals surface area (Å²) >= 11 is 0. The first-order chi connectivity index (χ1) is 6.54. The van der Waals surface area contributed by atoms with Gasteiger partial charge in [0.2, 0.25) is 0 Å². The van der Waals surface area contributed by atoms with Gasteiger partial charge in [0.25, 0.3) is 0 Å². The van der Waals surface area contributed by atoms with Crippen LogP contribution in [0, 0.1) is 0 Å². The number of hydrogen-bond acceptors (Lipinski definition) is 3. The van der Waals surface area contributed by atoms with Gasteiger partial charge < -0.3 is 15.5 Å². The van der Waals surface area contributed by atoms with E-state index in [1.54, 1.807) is 0 Å². The van der Waals surface area contributed by atoms with Gasteiger partial charge in [-0.2, -0.15) is 0 Å². The zero-order valence-electron chi connectivity index (χ0n) is 11.9. The molecule has 0 aromatic rings. The Balaban J connectivity index is -0.0000000528. The van der Waals surface area contributed by atoms with Crippen LogP contribution in [0.25, 0.3) is 0 Å². The molecule has 0 aromatic heterocycles. The van der Waals surface area contributed by atoms with Crippen molar-refractivity contribution in [3.8, 4) is 0 Å². The highest BCUT2D eigenvalue weighted by molar-refractivity contribution is 4.26. The summed E-state index contributed by atoms with van der Waals surface area (Å²) < 4.78 is 0. The van der Waals surface area contributed by atoms with E-state index in [2.05, 4.69) is 57.6 Å². The van der Waals surface area contributed by atoms with Crippen molar-refractivity contribution >= 4 is 0 Å². The molecule has 0 aromatic carbocycles. The first-order valence-electron chi connectivity index (χ1n) is 5.41. The van der Waals surface area contributed by atoms with Crippen molar-refractivity contribution in [1.29, 1.82) is 0 Å². The van der Waals surface area contributed by atoms with E-state index >= 15 is 0 Å². The molecule has 3 heteroatoms. The van der Waals surface area contributed by atoms with Crippen LogP contribution >= 0.6 is 0 Å². The minimum atomic E-state index is 1.14. The molecule has 0 rings (SSSR count). The van der Waals surface area contributed by atoms with Gasteiger partial charge in [0.05, 0.1) is 0 Å². The lowest BCUT2D eigenvalue weighted by atomic mass is 10.7. The Hall–Kier alpha value is -0.120. The van der Waals surface area contributed by atoms with E-state index in [4.69, 9.17) is 0 Å². The Labute approximate surface area is 92.3 Å². The second-order valence-corrected chi connectivity index (χ2v) is 2.79. The maximum atomic E-state index is 4.50. The van der Waals surface area contributed by atoms with Gasteiger partial charge >= 0.3 is 0 Å². The third-order valence-corrected chi connectivity index (χ3v) is 1.26. The molecule has 0 radical (unpaired) electrons. The lowest BCUT2D eigenvalue weighted by molar-refractivity contribution is 0.434. The van der Waals surface area contributed by atoms with E-state index in [9.17, 15) is 0 Å². The SMILES string of the molecule is CC.CCN(C)C.CCN(C)C.CN. The van der Waals surface area contributed by atoms with E-state index in [1.165, 1.54) is 7.05 Å². The standard InChI is InChI=1S/2C4H11N.C2H6.CH5N/c2*1-4-5(2)3;2*1-2/h2*4H2,1-3H3;1-2H3;2H2,1H3. The van der Waals surface area contributed by atoms with Gasteiger partial charge in [-0.15, -0.1) is 0 Å². The van der Waals surface area contributed by atoms with Gasteiger partial charge in [-0.3, -0.25) is 0 Å². The highest BCUT2D eigenvalue weighted by atomic mass is 15.0. The van der Waals surface area contributed by atoms with Crippen LogP contribution in [0.15, 0.2) is 0 Å². The van der Waals surface area contributed by atoms with Crippen LogP contribution in [-0.2, 0) is 0 Å². The molecule has 3 nitrogen and oxygen atoms in total. The molecule has 0 atom stereocenters. The third kappa shape index (κ3) is 93.4. The van der Waals surface area contributed by atoms with Crippen molar-refractivity contribution in [3.63, 3.8) is 0 Å². The highest BCUT2D eigenvalue weighted by Crippen LogP contribution is 1.64. The maximum absolute atomic E-state index is 4.50. The maximum Gasteiger partial charge on any atom is -0.00533 e. The molecule has 92 valence electrons. The zero-order valence-corrected chi connectivity index (χ0v) is 11.9. The summed E-state index contributed by atoms with van der Waals surface area (Å²) in [4.78, 5) is 4.25. The summed E-state index contributed by atoms with van der Waals surface area (Å²) in [6, 6.07) is 0. The minimum Gasteiger partial charge on any atom is -0.333 e. The Kier molecular flexibility index (Phi) is 49.3. The van der Waals surface area contributed by atoms with Gasteiger partial charge in [-0.05, 0) is 48.3 Å². The van der Waals surface area contributed by atoms with Crippen molar-refractivity contribution in [3.05, 3.63) is 0 Å². The lowest BCUT2D eigenvalue weighted by Gasteiger charge is -2.00. The average molecular weight is 207 g/mol. The van der Waals surface area contributed by atoms with Gasteiger partial charge in [-0.1, -0.05) is 27.7 Å². The van der Waals surface area contributed by atoms with E-state index in [1.807, 2.05) is 13.8 Å². The van der Waals surface area contributed by atoms with E-state index in [0.717, 1.165) is 13.1 Å². The zero-order chi connectivity index (χ0) is 12.6. The summed E-state index contributed by atoms with van der Waals surface area (Å²) in [5.74, 6) is 0. The predicted octanol–water partition coefficient (Wildman–Crippen LogP) is 1.74. The molecule has 0 saturated carbocycles. The molecule has 0 aliphatic heterocycles. The van der Waals surface area contributed by atoms with Gasteiger partial charge in [0, 0.05) is 0 Å². The van der Waals surface area contributed by atoms with E-state index in [-0.39, 0.29) is 0 Å². The first-order valence-corrected chi connectivity index (χ1v) is 5.41. The molecule has 2 N–H and O–H groups in total. The molecule has 14 heavy (non-hydrogen) atoms. The first kappa shape index (κ1) is 23.6. The van der Waals surface area contributed by atoms with Gasteiger partial charge in [0.15, 0.2) is 0 Å². The fraction of sp³-hybridized carbons (Fsp3) is 1.00. The smallest absolute Gasteiger partial charge is 0.00533 e. The topological polar surface area (TPSA) is 32.5 Å². The molecule has 0 bridgehead atoms. The largest absolute Gasteiger partial charge is 0.333 e. The summed E-state index contributed by atoms with van der Waals surface area (Å²) in [5.41, 5.74) is 4.50. The molecule has 0 saturated heterocycles. The average Bonchev–Trinajstić information content (AvgIpc) is 2.24. The molecule has 0 aliphatic rings. The molecular weight excluding hydrogens is 174 g/mol. The van der Waals surface area contributed by atoms with Crippen LogP contribution in [-0.4, -0.2) is 58.1 Å². The predicted molar refractivity (Wildman–Crippen MR) is 69.9 cm³/mol. The van der Waals surface area contributed by atoms with Crippen LogP contribution < -0.4 is 5.73 Å². The van der Waals surface area contributed by atoms with Crippen molar-refractivity contribution in [2.24, 2.45) is 5.73 Å². The second-order valence-electron chi connectivity index (χ2n) is 2.79. The van der Waals surface area contributed by atoms with E-state index in [0.29, 0.717) is 0 Å². The monoisotopic (exact) mass is 207 g/mol. The number of rotatable bonds is 2. The Morgan fingerprint density at radius 1 is 0.714 bits per heavy atom. The molecule has 0 heterocycles. The van der Waals surface area contributed by atoms with Crippen LogP contribution in [0.5, 0.6) is 0 Å². The summed E-state index contributed by atoms with van der Waals surface area (Å²) in [6.07, 6.45) is 0. The number of nitrogens with two attached hydrogens (primary N) is 1. The summed E-state index contributed by atoms with van der Waals surface area (Å²) in [7, 11) is 9.72. The fourth-order valence-corrected chi connectivity index (χ4v) is 0. The van der Waals surface area contributed by atoms with Crippen molar-refractivity contribution in [2.45, 2.75) is 27.7 Å². The van der Waals surface area contributed by atoms with Crippen LogP contribution in [0.4, 0.5) is 0 Å². The Bertz CT molecular complexity index is 46.5. The van der Waals surface area contributed by atoms with Gasteiger partial charge in [-0.25, -0.2) is 0 Å². The summed E-state index contributed by atoms with van der Waals surface area (Å²) in [5, 5.41) is 0. The van der Waals surface area contributed by atoms with Crippen molar-refractivity contribution < 1.29 is 0 Å². The van der Waals surface area contributed by atoms with Crippen molar-refractivity contribution in [2.75, 3.05) is 48.3 Å². The number of nitrogens with zero attached hydrogens (tertiary/aromatic N) is 2. The molecular formula is C11H33N3. The molecule has 0 fully saturated rings. The van der Waals surface area contributed by atoms with Crippen molar-refractivity contribution in [1.82, 2.24) is 9.80 Å². The van der Waals surface area contributed by atoms with Crippen LogP contribution in [0.1, 0.15) is 27.7 Å². The normalized spacial score (nSPS) is 7.71. The quantitative estimate of drug-likeness (QED) is 0.748. The molecule has 0 spiro atoms. The number of hydrogen-bond donors (Lipinski definition) is 1. The fourth-order valence-electron chi connectivity index (χ4n) is 0. The van der Waals surface area contributed by atoms with Crippen LogP contribution in [0.3, 0.4) is 0 Å². The van der Waals surface area contributed by atoms with Crippen LogP contribution in [0.2, 0.25) is 0 Å². The third-order valence-electron chi connectivity index (χ3n) is 1.26. The van der Waals surface area contributed by atoms with Gasteiger partial charge in [0.1, 0.15) is 0 Å². The molecule has 0 aliphatic carbocycles. The molecule has 0 unspecified atom stereocenters. The molecule has 0 amide bonds. The summed E-state index contributed by atoms with van der Waals surface area (Å²) in [6.45, 7) is 10.5. The highest BCUT2D eigenvalue weighted by Gasteiger charge is 1.72. The minimum absolute atomic E-state index is 1.14. The Morgan fingerprint density at radius 2 is 0.786 bits per heavy atom. The lowest BCUT2D eigenvalue weighted by Crippen LogP contribution is -2.08.